The number of aromatic nitrogens is 2. The lowest BCUT2D eigenvalue weighted by Gasteiger charge is -2.16. The second-order valence-electron chi connectivity index (χ2n) is 7.12. The second kappa shape index (κ2) is 6.72. The molecule has 0 saturated carbocycles. The van der Waals surface area contributed by atoms with Crippen molar-refractivity contribution in [3.8, 4) is 17.1 Å². The molecule has 0 atom stereocenters. The quantitative estimate of drug-likeness (QED) is 0.310. The summed E-state index contributed by atoms with van der Waals surface area (Å²) >= 11 is 0. The monoisotopic (exact) mass is 384 g/mol. The van der Waals surface area contributed by atoms with Gasteiger partial charge in [0.25, 0.3) is 11.4 Å². The van der Waals surface area contributed by atoms with E-state index in [2.05, 4.69) is 9.97 Å². The van der Waals surface area contributed by atoms with Crippen LogP contribution in [0, 0.1) is 25.6 Å². The van der Waals surface area contributed by atoms with E-state index in [-0.39, 0.29) is 28.5 Å². The van der Waals surface area contributed by atoms with Crippen molar-refractivity contribution in [1.82, 2.24) is 9.97 Å². The molecule has 0 unspecified atom stereocenters. The number of imidazole rings is 1. The van der Waals surface area contributed by atoms with E-state index in [4.69, 9.17) is 4.74 Å². The average molecular weight is 384 g/mol. The number of hydrogen-bond acceptors (Lipinski definition) is 7. The van der Waals surface area contributed by atoms with Gasteiger partial charge < -0.3 is 9.72 Å². The molecule has 0 spiro atoms. The highest BCUT2D eigenvalue weighted by Gasteiger charge is 2.26. The van der Waals surface area contributed by atoms with Crippen LogP contribution >= 0.6 is 0 Å². The van der Waals surface area contributed by atoms with Gasteiger partial charge in [0.2, 0.25) is 0 Å². The highest BCUT2D eigenvalue weighted by molar-refractivity contribution is 5.84. The molecule has 0 amide bonds. The fourth-order valence-electron chi connectivity index (χ4n) is 2.43. The maximum Gasteiger partial charge on any atom is 0.316 e. The van der Waals surface area contributed by atoms with Gasteiger partial charge in [0, 0.05) is 18.2 Å². The molecule has 10 nitrogen and oxygen atoms in total. The molecule has 3 rings (SSSR count). The zero-order chi connectivity index (χ0) is 20.6. The first-order valence-corrected chi connectivity index (χ1v) is 8.21. The highest BCUT2D eigenvalue weighted by Crippen LogP contribution is 2.34. The van der Waals surface area contributed by atoms with Crippen LogP contribution in [0.3, 0.4) is 0 Å². The molecule has 28 heavy (non-hydrogen) atoms. The predicted molar refractivity (Wildman–Crippen MR) is 99.9 cm³/mol. The van der Waals surface area contributed by atoms with E-state index >= 15 is 0 Å². The number of esters is 1. The Balaban J connectivity index is 2.09. The van der Waals surface area contributed by atoms with Crippen molar-refractivity contribution in [3.05, 3.63) is 56.6 Å². The van der Waals surface area contributed by atoms with Crippen LogP contribution in [0.5, 0.6) is 5.75 Å². The largest absolute Gasteiger partial charge is 0.426 e. The molecule has 3 aromatic rings. The Bertz CT molecular complexity index is 1110. The normalized spacial score (nSPS) is 11.4. The lowest BCUT2D eigenvalue weighted by Crippen LogP contribution is -2.25. The predicted octanol–water partition coefficient (Wildman–Crippen LogP) is 4.00. The summed E-state index contributed by atoms with van der Waals surface area (Å²) in [4.78, 5) is 40.4. The first kappa shape index (κ1) is 19.0. The Morgan fingerprint density at radius 3 is 2.39 bits per heavy atom. The minimum Gasteiger partial charge on any atom is -0.426 e. The van der Waals surface area contributed by atoms with Crippen molar-refractivity contribution >= 4 is 28.4 Å². The Morgan fingerprint density at radius 1 is 1.07 bits per heavy atom. The number of rotatable bonds is 4. The van der Waals surface area contributed by atoms with Crippen LogP contribution in [0.2, 0.25) is 0 Å². The van der Waals surface area contributed by atoms with Crippen LogP contribution < -0.4 is 4.74 Å². The second-order valence-corrected chi connectivity index (χ2v) is 7.12. The molecule has 144 valence electrons. The van der Waals surface area contributed by atoms with Gasteiger partial charge in [-0.1, -0.05) is 0 Å². The molecule has 10 heteroatoms. The van der Waals surface area contributed by atoms with Gasteiger partial charge in [-0.3, -0.25) is 25.0 Å². The van der Waals surface area contributed by atoms with Gasteiger partial charge in [-0.25, -0.2) is 4.98 Å². The summed E-state index contributed by atoms with van der Waals surface area (Å²) in [6.45, 7) is 5.06. The van der Waals surface area contributed by atoms with E-state index in [1.807, 2.05) is 0 Å². The lowest BCUT2D eigenvalue weighted by molar-refractivity contribution is -0.384. The molecular weight excluding hydrogens is 368 g/mol. The number of aromatic amines is 1. The minimum atomic E-state index is -0.750. The number of nitro groups is 2. The number of benzene rings is 2. The number of nitro benzene ring substituents is 2. The molecule has 0 aliphatic rings. The standard InChI is InChI=1S/C18H16N4O6/c1-18(2,3)17(23)28-11-5-7-15(22(26)27)12(9-11)16-19-13-6-4-10(21(24)25)8-14(13)20-16/h4-9H,1-3H3,(H,19,20). The summed E-state index contributed by atoms with van der Waals surface area (Å²) < 4.78 is 5.31. The molecule has 1 heterocycles. The van der Waals surface area contributed by atoms with Crippen molar-refractivity contribution in [3.63, 3.8) is 0 Å². The van der Waals surface area contributed by atoms with E-state index in [0.717, 1.165) is 0 Å². The number of nitrogens with one attached hydrogen (secondary N) is 1. The number of H-pyrrole nitrogens is 1. The summed E-state index contributed by atoms with van der Waals surface area (Å²) in [6, 6.07) is 7.93. The zero-order valence-electron chi connectivity index (χ0n) is 15.3. The summed E-state index contributed by atoms with van der Waals surface area (Å²) in [7, 11) is 0. The van der Waals surface area contributed by atoms with Crippen LogP contribution in [0.25, 0.3) is 22.4 Å². The summed E-state index contributed by atoms with van der Waals surface area (Å²) in [5, 5.41) is 22.3. The number of fused-ring (bicyclic) bond motifs is 1. The molecule has 0 aliphatic heterocycles. The van der Waals surface area contributed by atoms with Crippen LogP contribution in [-0.2, 0) is 4.79 Å². The molecular formula is C18H16N4O6. The fourth-order valence-corrected chi connectivity index (χ4v) is 2.43. The van der Waals surface area contributed by atoms with Crippen molar-refractivity contribution in [1.29, 1.82) is 0 Å². The Morgan fingerprint density at radius 2 is 1.79 bits per heavy atom. The number of non-ortho nitro benzene ring substituents is 1. The molecule has 0 bridgehead atoms. The molecule has 2 aromatic carbocycles. The topological polar surface area (TPSA) is 141 Å². The third-order valence-corrected chi connectivity index (χ3v) is 3.92. The number of nitrogens with zero attached hydrogens (tertiary/aromatic N) is 3. The van der Waals surface area contributed by atoms with E-state index in [1.165, 1.54) is 36.4 Å². The first-order valence-electron chi connectivity index (χ1n) is 8.21. The van der Waals surface area contributed by atoms with Crippen LogP contribution in [0.4, 0.5) is 11.4 Å². The van der Waals surface area contributed by atoms with E-state index in [9.17, 15) is 25.0 Å². The van der Waals surface area contributed by atoms with E-state index in [1.54, 1.807) is 20.8 Å². The van der Waals surface area contributed by atoms with Crippen molar-refractivity contribution in [2.24, 2.45) is 5.41 Å². The van der Waals surface area contributed by atoms with Crippen molar-refractivity contribution in [2.75, 3.05) is 0 Å². The summed E-state index contributed by atoms with van der Waals surface area (Å²) in [5.74, 6) is -0.227. The van der Waals surface area contributed by atoms with Gasteiger partial charge in [-0.15, -0.1) is 0 Å². The van der Waals surface area contributed by atoms with Gasteiger partial charge in [0.15, 0.2) is 0 Å². The number of carbonyl (C=O) groups excluding carboxylic acids is 1. The Hall–Kier alpha value is -3.82. The maximum absolute atomic E-state index is 12.1. The third kappa shape index (κ3) is 3.65. The molecule has 1 N–H and O–H groups in total. The van der Waals surface area contributed by atoms with Gasteiger partial charge in [-0.2, -0.15) is 0 Å². The molecule has 0 fully saturated rings. The highest BCUT2D eigenvalue weighted by atomic mass is 16.6. The average Bonchev–Trinajstić information content (AvgIpc) is 3.03. The third-order valence-electron chi connectivity index (χ3n) is 3.92. The van der Waals surface area contributed by atoms with Crippen LogP contribution in [0.15, 0.2) is 36.4 Å². The summed E-state index contributed by atoms with van der Waals surface area (Å²) in [5.41, 5.74) is -0.264. The van der Waals surface area contributed by atoms with Gasteiger partial charge in [-0.05, 0) is 39.0 Å². The smallest absolute Gasteiger partial charge is 0.316 e. The lowest BCUT2D eigenvalue weighted by atomic mass is 9.97. The van der Waals surface area contributed by atoms with Gasteiger partial charge in [0.05, 0.1) is 31.9 Å². The van der Waals surface area contributed by atoms with Crippen LogP contribution in [-0.4, -0.2) is 25.8 Å². The fraction of sp³-hybridized carbons (Fsp3) is 0.222. The number of hydrogen-bond donors (Lipinski definition) is 1. The van der Waals surface area contributed by atoms with E-state index < -0.39 is 21.2 Å². The van der Waals surface area contributed by atoms with Gasteiger partial charge in [0.1, 0.15) is 11.6 Å². The van der Waals surface area contributed by atoms with Crippen LogP contribution in [0.1, 0.15) is 20.8 Å². The maximum atomic E-state index is 12.1. The molecule has 0 aliphatic carbocycles. The Kier molecular flexibility index (Phi) is 4.55. The minimum absolute atomic E-state index is 0.100. The van der Waals surface area contributed by atoms with Crippen molar-refractivity contribution < 1.29 is 19.4 Å². The van der Waals surface area contributed by atoms with E-state index in [0.29, 0.717) is 11.0 Å². The summed E-state index contributed by atoms with van der Waals surface area (Å²) in [6.07, 6.45) is 0. The Labute approximate surface area is 158 Å². The number of carbonyl (C=O) groups is 1. The number of ether oxygens (including phenoxy) is 1. The van der Waals surface area contributed by atoms with Gasteiger partial charge >= 0.3 is 5.97 Å². The molecule has 1 aromatic heterocycles. The molecule has 0 saturated heterocycles. The molecule has 0 radical (unpaired) electrons. The zero-order valence-corrected chi connectivity index (χ0v) is 15.3. The SMILES string of the molecule is CC(C)(C)C(=O)Oc1ccc([N+](=O)[O-])c(-c2nc3ccc([N+](=O)[O-])cc3[nH]2)c1. The first-order chi connectivity index (χ1) is 13.1. The van der Waals surface area contributed by atoms with Crippen molar-refractivity contribution in [2.45, 2.75) is 20.8 Å².